The van der Waals surface area contributed by atoms with Crippen molar-refractivity contribution in [1.29, 1.82) is 0 Å². The molecule has 0 saturated carbocycles. The van der Waals surface area contributed by atoms with Crippen molar-refractivity contribution in [1.82, 2.24) is 15.6 Å². The zero-order valence-corrected chi connectivity index (χ0v) is 17.5. The Hall–Kier alpha value is -1.54. The third kappa shape index (κ3) is 7.48. The van der Waals surface area contributed by atoms with E-state index in [0.717, 1.165) is 28.8 Å². The Labute approximate surface area is 171 Å². The molecule has 0 spiro atoms. The molecule has 1 aromatic carbocycles. The third-order valence-electron chi connectivity index (χ3n) is 3.33. The van der Waals surface area contributed by atoms with Crippen LogP contribution in [0.4, 0.5) is 0 Å². The molecule has 2 aromatic rings. The fraction of sp³-hybridized carbons (Fsp3) is 0.333. The van der Waals surface area contributed by atoms with Crippen LogP contribution in [0.3, 0.4) is 0 Å². The maximum Gasteiger partial charge on any atom is 0.191 e. The van der Waals surface area contributed by atoms with Crippen molar-refractivity contribution in [3.63, 3.8) is 0 Å². The first kappa shape index (κ1) is 21.5. The molecule has 0 aliphatic heterocycles. The van der Waals surface area contributed by atoms with Crippen LogP contribution >= 0.6 is 35.6 Å². The summed E-state index contributed by atoms with van der Waals surface area (Å²) in [5.74, 6) is 1.48. The monoisotopic (exact) mass is 474 g/mol. The zero-order valence-electron chi connectivity index (χ0n) is 14.4. The Morgan fingerprint density at radius 2 is 2.08 bits per heavy atom. The van der Waals surface area contributed by atoms with Crippen molar-refractivity contribution in [2.75, 3.05) is 19.7 Å². The molecule has 0 amide bonds. The van der Waals surface area contributed by atoms with E-state index in [4.69, 9.17) is 16.3 Å². The molecule has 5 nitrogen and oxygen atoms in total. The first-order chi connectivity index (χ1) is 11.7. The highest BCUT2D eigenvalue weighted by atomic mass is 127. The highest BCUT2D eigenvalue weighted by Gasteiger charge is 2.10. The van der Waals surface area contributed by atoms with Gasteiger partial charge in [0.15, 0.2) is 5.96 Å². The summed E-state index contributed by atoms with van der Waals surface area (Å²) in [5, 5.41) is 7.33. The van der Waals surface area contributed by atoms with E-state index in [9.17, 15) is 0 Å². The minimum atomic E-state index is 0. The minimum absolute atomic E-state index is 0. The van der Waals surface area contributed by atoms with E-state index in [1.165, 1.54) is 0 Å². The summed E-state index contributed by atoms with van der Waals surface area (Å²) in [6, 6.07) is 11.6. The van der Waals surface area contributed by atoms with E-state index < -0.39 is 0 Å². The number of aliphatic imine (C=N–C) groups is 1. The average Bonchev–Trinajstić information content (AvgIpc) is 2.60. The molecule has 2 rings (SSSR count). The number of nitrogens with zero attached hydrogens (tertiary/aromatic N) is 2. The second kappa shape index (κ2) is 11.9. The molecule has 0 radical (unpaired) electrons. The van der Waals surface area contributed by atoms with E-state index >= 15 is 0 Å². The molecule has 136 valence electrons. The predicted octanol–water partition coefficient (Wildman–Crippen LogP) is 4.05. The summed E-state index contributed by atoms with van der Waals surface area (Å²) in [4.78, 5) is 8.54. The molecule has 0 fully saturated rings. The van der Waals surface area contributed by atoms with Gasteiger partial charge in [-0.25, -0.2) is 4.99 Å². The van der Waals surface area contributed by atoms with Gasteiger partial charge < -0.3 is 15.4 Å². The normalized spacial score (nSPS) is 12.0. The van der Waals surface area contributed by atoms with Crippen molar-refractivity contribution in [3.8, 4) is 5.75 Å². The summed E-state index contributed by atoms with van der Waals surface area (Å²) in [6.07, 6.45) is 3.40. The van der Waals surface area contributed by atoms with Crippen molar-refractivity contribution in [2.24, 2.45) is 4.99 Å². The van der Waals surface area contributed by atoms with Gasteiger partial charge in [0.05, 0.1) is 18.8 Å². The van der Waals surface area contributed by atoms with Crippen LogP contribution in [-0.4, -0.2) is 30.6 Å². The summed E-state index contributed by atoms with van der Waals surface area (Å²) >= 11 is 6.25. The standard InChI is InChI=1S/C18H23ClN4O.HI/c1-3-21-18(22-11-12-24-15-7-6-10-20-13-15)23-14(2)16-8-4-5-9-17(16)19;/h4-10,13-14H,3,11-12H2,1-2H3,(H2,21,22,23);1H. The number of nitrogens with one attached hydrogen (secondary N) is 2. The number of hydrogen-bond donors (Lipinski definition) is 2. The van der Waals surface area contributed by atoms with Crippen LogP contribution in [0.25, 0.3) is 0 Å². The van der Waals surface area contributed by atoms with Crippen LogP contribution in [0.2, 0.25) is 5.02 Å². The lowest BCUT2D eigenvalue weighted by atomic mass is 10.1. The number of halogens is 2. The minimum Gasteiger partial charge on any atom is -0.490 e. The van der Waals surface area contributed by atoms with Gasteiger partial charge in [-0.3, -0.25) is 4.98 Å². The molecule has 1 aromatic heterocycles. The van der Waals surface area contributed by atoms with Crippen LogP contribution < -0.4 is 15.4 Å². The summed E-state index contributed by atoms with van der Waals surface area (Å²) in [6.45, 7) is 5.90. The molecule has 0 aliphatic carbocycles. The van der Waals surface area contributed by atoms with E-state index in [2.05, 4.69) is 27.5 Å². The van der Waals surface area contributed by atoms with Gasteiger partial charge in [0.25, 0.3) is 0 Å². The van der Waals surface area contributed by atoms with Crippen LogP contribution in [0.1, 0.15) is 25.5 Å². The van der Waals surface area contributed by atoms with Gasteiger partial charge in [-0.2, -0.15) is 0 Å². The van der Waals surface area contributed by atoms with Gasteiger partial charge in [-0.05, 0) is 37.6 Å². The Morgan fingerprint density at radius 3 is 2.76 bits per heavy atom. The number of hydrogen-bond acceptors (Lipinski definition) is 3. The largest absolute Gasteiger partial charge is 0.490 e. The molecule has 7 heteroatoms. The van der Waals surface area contributed by atoms with Gasteiger partial charge in [-0.15, -0.1) is 24.0 Å². The Morgan fingerprint density at radius 1 is 1.28 bits per heavy atom. The number of rotatable bonds is 7. The van der Waals surface area contributed by atoms with E-state index in [-0.39, 0.29) is 30.0 Å². The molecule has 0 bridgehead atoms. The number of benzene rings is 1. The lowest BCUT2D eigenvalue weighted by molar-refractivity contribution is 0.327. The molecule has 1 atom stereocenters. The molecule has 1 heterocycles. The van der Waals surface area contributed by atoms with Gasteiger partial charge in [0, 0.05) is 17.8 Å². The van der Waals surface area contributed by atoms with Crippen LogP contribution in [0, 0.1) is 0 Å². The second-order valence-corrected chi connectivity index (χ2v) is 5.59. The second-order valence-electron chi connectivity index (χ2n) is 5.19. The third-order valence-corrected chi connectivity index (χ3v) is 3.68. The molecular formula is C18H24ClIN4O. The van der Waals surface area contributed by atoms with E-state index in [1.807, 2.05) is 43.3 Å². The Balaban J connectivity index is 0.00000312. The van der Waals surface area contributed by atoms with E-state index in [0.29, 0.717) is 13.2 Å². The van der Waals surface area contributed by atoms with Crippen molar-refractivity contribution in [3.05, 3.63) is 59.4 Å². The summed E-state index contributed by atoms with van der Waals surface area (Å²) in [5.41, 5.74) is 1.04. The van der Waals surface area contributed by atoms with Crippen molar-refractivity contribution in [2.45, 2.75) is 19.9 Å². The number of pyridine rings is 1. The first-order valence-corrected chi connectivity index (χ1v) is 8.40. The number of aromatic nitrogens is 1. The van der Waals surface area contributed by atoms with Crippen molar-refractivity contribution < 1.29 is 4.74 Å². The van der Waals surface area contributed by atoms with E-state index in [1.54, 1.807) is 12.4 Å². The summed E-state index contributed by atoms with van der Waals surface area (Å²) < 4.78 is 5.60. The highest BCUT2D eigenvalue weighted by Crippen LogP contribution is 2.21. The maximum absolute atomic E-state index is 6.25. The number of ether oxygens (including phenoxy) is 1. The van der Waals surface area contributed by atoms with Gasteiger partial charge in [0.2, 0.25) is 0 Å². The quantitative estimate of drug-likeness (QED) is 0.275. The van der Waals surface area contributed by atoms with Gasteiger partial charge in [-0.1, -0.05) is 29.8 Å². The molecule has 2 N–H and O–H groups in total. The fourth-order valence-electron chi connectivity index (χ4n) is 2.18. The first-order valence-electron chi connectivity index (χ1n) is 8.02. The van der Waals surface area contributed by atoms with Crippen molar-refractivity contribution >= 4 is 41.5 Å². The van der Waals surface area contributed by atoms with Crippen LogP contribution in [0.5, 0.6) is 5.75 Å². The topological polar surface area (TPSA) is 58.5 Å². The Bertz CT molecular complexity index is 655. The predicted molar refractivity (Wildman–Crippen MR) is 114 cm³/mol. The maximum atomic E-state index is 6.25. The zero-order chi connectivity index (χ0) is 17.2. The molecule has 1 unspecified atom stereocenters. The van der Waals surface area contributed by atoms with Gasteiger partial charge in [0.1, 0.15) is 12.4 Å². The van der Waals surface area contributed by atoms with Gasteiger partial charge >= 0.3 is 0 Å². The molecule has 0 aliphatic rings. The SMILES string of the molecule is CCNC(=NCCOc1cccnc1)NC(C)c1ccccc1Cl.I. The molecule has 25 heavy (non-hydrogen) atoms. The highest BCUT2D eigenvalue weighted by molar-refractivity contribution is 14.0. The smallest absolute Gasteiger partial charge is 0.191 e. The molecule has 0 saturated heterocycles. The summed E-state index contributed by atoms with van der Waals surface area (Å²) in [7, 11) is 0. The molecular weight excluding hydrogens is 451 g/mol. The Kier molecular flexibility index (Phi) is 10.3. The fourth-order valence-corrected chi connectivity index (χ4v) is 2.48. The average molecular weight is 475 g/mol. The lowest BCUT2D eigenvalue weighted by Crippen LogP contribution is -2.39. The van der Waals surface area contributed by atoms with Crippen LogP contribution in [0.15, 0.2) is 53.8 Å². The number of guanidine groups is 1. The lowest BCUT2D eigenvalue weighted by Gasteiger charge is -2.19. The van der Waals surface area contributed by atoms with Crippen LogP contribution in [-0.2, 0) is 0 Å².